The molecule has 8 nitrogen and oxygen atoms in total. The highest BCUT2D eigenvalue weighted by Crippen LogP contribution is 2.23. The van der Waals surface area contributed by atoms with Crippen molar-refractivity contribution < 1.29 is 18.8 Å². The van der Waals surface area contributed by atoms with Crippen LogP contribution in [0.1, 0.15) is 36.2 Å². The van der Waals surface area contributed by atoms with Crippen molar-refractivity contribution in [3.63, 3.8) is 0 Å². The van der Waals surface area contributed by atoms with Gasteiger partial charge in [0.25, 0.3) is 5.91 Å². The molecular weight excluding hydrogens is 360 g/mol. The molecule has 152 valence electrons. The predicted octanol–water partition coefficient (Wildman–Crippen LogP) is 0.651. The molecule has 1 aromatic rings. The lowest BCUT2D eigenvalue weighted by molar-refractivity contribution is -0.138. The van der Waals surface area contributed by atoms with E-state index in [0.29, 0.717) is 45.7 Å². The fourth-order valence-corrected chi connectivity index (χ4v) is 4.40. The summed E-state index contributed by atoms with van der Waals surface area (Å²) in [5.41, 5.74) is 0. The van der Waals surface area contributed by atoms with Crippen LogP contribution in [0.15, 0.2) is 22.8 Å². The Labute approximate surface area is 165 Å². The molecule has 3 amide bonds. The molecule has 28 heavy (non-hydrogen) atoms. The fourth-order valence-electron chi connectivity index (χ4n) is 4.40. The molecule has 1 unspecified atom stereocenters. The van der Waals surface area contributed by atoms with E-state index in [9.17, 15) is 14.4 Å². The molecule has 0 radical (unpaired) electrons. The molecule has 4 rings (SSSR count). The van der Waals surface area contributed by atoms with E-state index in [2.05, 4.69) is 4.90 Å². The molecule has 0 saturated carbocycles. The van der Waals surface area contributed by atoms with Crippen LogP contribution in [0.25, 0.3) is 0 Å². The van der Waals surface area contributed by atoms with Gasteiger partial charge in [-0.15, -0.1) is 0 Å². The van der Waals surface area contributed by atoms with Gasteiger partial charge in [0.2, 0.25) is 11.8 Å². The molecule has 0 N–H and O–H groups in total. The van der Waals surface area contributed by atoms with Crippen LogP contribution in [0.5, 0.6) is 0 Å². The lowest BCUT2D eigenvalue weighted by atomic mass is 10.1. The number of carbonyl (C=O) groups excluding carboxylic acids is 3. The Balaban J connectivity index is 1.29. The lowest BCUT2D eigenvalue weighted by Crippen LogP contribution is -2.55. The summed E-state index contributed by atoms with van der Waals surface area (Å²) < 4.78 is 5.22. The number of hydrogen-bond donors (Lipinski definition) is 0. The SMILES string of the molecule is O=C(CN1CCN(C(=O)C2CCCN2C(=O)c2ccco2)CC1)N1CCCC1. The third kappa shape index (κ3) is 3.92. The van der Waals surface area contributed by atoms with Crippen molar-refractivity contribution >= 4 is 17.7 Å². The molecular formula is C20H28N4O4. The van der Waals surface area contributed by atoms with Crippen molar-refractivity contribution in [3.8, 4) is 0 Å². The quantitative estimate of drug-likeness (QED) is 0.757. The van der Waals surface area contributed by atoms with Crippen LogP contribution < -0.4 is 0 Å². The van der Waals surface area contributed by atoms with Gasteiger partial charge in [0.05, 0.1) is 12.8 Å². The molecule has 3 aliphatic heterocycles. The normalized spacial score (nSPS) is 23.4. The van der Waals surface area contributed by atoms with Crippen molar-refractivity contribution in [3.05, 3.63) is 24.2 Å². The van der Waals surface area contributed by atoms with E-state index in [1.165, 1.54) is 6.26 Å². The first-order valence-electron chi connectivity index (χ1n) is 10.3. The van der Waals surface area contributed by atoms with Crippen LogP contribution in [0, 0.1) is 0 Å². The zero-order valence-electron chi connectivity index (χ0n) is 16.2. The summed E-state index contributed by atoms with van der Waals surface area (Å²) in [6.45, 7) is 5.37. The van der Waals surface area contributed by atoms with Gasteiger partial charge in [0.1, 0.15) is 6.04 Å². The molecule has 4 heterocycles. The predicted molar refractivity (Wildman–Crippen MR) is 102 cm³/mol. The van der Waals surface area contributed by atoms with Gasteiger partial charge in [0.15, 0.2) is 5.76 Å². The minimum absolute atomic E-state index is 0.0166. The van der Waals surface area contributed by atoms with Crippen molar-refractivity contribution in [1.82, 2.24) is 19.6 Å². The van der Waals surface area contributed by atoms with Crippen LogP contribution in [0.2, 0.25) is 0 Å². The van der Waals surface area contributed by atoms with Crippen LogP contribution in [-0.2, 0) is 9.59 Å². The van der Waals surface area contributed by atoms with E-state index in [1.807, 2.05) is 9.80 Å². The van der Waals surface area contributed by atoms with E-state index in [4.69, 9.17) is 4.42 Å². The first kappa shape index (κ1) is 19.0. The third-order valence-corrected chi connectivity index (χ3v) is 6.03. The highest BCUT2D eigenvalue weighted by molar-refractivity contribution is 5.96. The second-order valence-electron chi connectivity index (χ2n) is 7.82. The Kier molecular flexibility index (Phi) is 5.66. The average molecular weight is 388 g/mol. The standard InChI is InChI=1S/C20H28N4O4/c25-18(22-7-1-2-8-22)15-21-10-12-23(13-11-21)19(26)16-5-3-9-24(16)20(27)17-6-4-14-28-17/h4,6,14,16H,1-3,5,7-13,15H2. The van der Waals surface area contributed by atoms with Gasteiger partial charge in [0, 0.05) is 45.8 Å². The minimum Gasteiger partial charge on any atom is -0.459 e. The van der Waals surface area contributed by atoms with E-state index < -0.39 is 6.04 Å². The van der Waals surface area contributed by atoms with Crippen LogP contribution in [-0.4, -0.2) is 95.7 Å². The molecule has 1 atom stereocenters. The first-order valence-corrected chi connectivity index (χ1v) is 10.3. The molecule has 0 aromatic carbocycles. The third-order valence-electron chi connectivity index (χ3n) is 6.03. The number of likely N-dealkylation sites (tertiary alicyclic amines) is 2. The van der Waals surface area contributed by atoms with E-state index in [-0.39, 0.29) is 23.5 Å². The highest BCUT2D eigenvalue weighted by Gasteiger charge is 2.38. The monoisotopic (exact) mass is 388 g/mol. The smallest absolute Gasteiger partial charge is 0.290 e. The zero-order chi connectivity index (χ0) is 19.5. The molecule has 3 saturated heterocycles. The summed E-state index contributed by atoms with van der Waals surface area (Å²) in [6, 6.07) is 2.91. The Morgan fingerprint density at radius 1 is 0.929 bits per heavy atom. The maximum Gasteiger partial charge on any atom is 0.290 e. The highest BCUT2D eigenvalue weighted by atomic mass is 16.3. The number of rotatable bonds is 4. The summed E-state index contributed by atoms with van der Waals surface area (Å²) in [4.78, 5) is 45.5. The summed E-state index contributed by atoms with van der Waals surface area (Å²) in [5.74, 6) is 0.284. The van der Waals surface area contributed by atoms with E-state index in [0.717, 1.165) is 32.4 Å². The molecule has 8 heteroatoms. The molecule has 0 aliphatic carbocycles. The van der Waals surface area contributed by atoms with E-state index in [1.54, 1.807) is 17.0 Å². The molecule has 3 aliphatic rings. The van der Waals surface area contributed by atoms with Gasteiger partial charge in [-0.05, 0) is 37.8 Å². The van der Waals surface area contributed by atoms with Gasteiger partial charge >= 0.3 is 0 Å². The Bertz CT molecular complexity index is 706. The minimum atomic E-state index is -0.407. The lowest BCUT2D eigenvalue weighted by Gasteiger charge is -2.37. The molecule has 0 bridgehead atoms. The maximum atomic E-state index is 13.0. The van der Waals surface area contributed by atoms with Crippen molar-refractivity contribution in [2.75, 3.05) is 52.4 Å². The van der Waals surface area contributed by atoms with Crippen LogP contribution in [0.4, 0.5) is 0 Å². The van der Waals surface area contributed by atoms with Crippen molar-refractivity contribution in [2.24, 2.45) is 0 Å². The first-order chi connectivity index (χ1) is 13.6. The van der Waals surface area contributed by atoms with Gasteiger partial charge < -0.3 is 19.1 Å². The Hall–Kier alpha value is -2.35. The van der Waals surface area contributed by atoms with Gasteiger partial charge in [-0.25, -0.2) is 0 Å². The molecule has 1 aromatic heterocycles. The second kappa shape index (κ2) is 8.34. The fraction of sp³-hybridized carbons (Fsp3) is 0.650. The summed E-state index contributed by atoms with van der Waals surface area (Å²) in [7, 11) is 0. The number of furan rings is 1. The Morgan fingerprint density at radius 2 is 1.68 bits per heavy atom. The summed E-state index contributed by atoms with van der Waals surface area (Å²) in [6.07, 6.45) is 5.19. The summed E-state index contributed by atoms with van der Waals surface area (Å²) in [5, 5.41) is 0. The van der Waals surface area contributed by atoms with E-state index >= 15 is 0 Å². The van der Waals surface area contributed by atoms with Crippen molar-refractivity contribution in [1.29, 1.82) is 0 Å². The maximum absolute atomic E-state index is 13.0. The second-order valence-corrected chi connectivity index (χ2v) is 7.82. The Morgan fingerprint density at radius 3 is 2.36 bits per heavy atom. The number of nitrogens with zero attached hydrogens (tertiary/aromatic N) is 4. The number of carbonyl (C=O) groups is 3. The van der Waals surface area contributed by atoms with Gasteiger partial charge in [-0.1, -0.05) is 0 Å². The topological polar surface area (TPSA) is 77.3 Å². The van der Waals surface area contributed by atoms with Crippen LogP contribution >= 0.6 is 0 Å². The number of piperazine rings is 1. The zero-order valence-corrected chi connectivity index (χ0v) is 16.2. The van der Waals surface area contributed by atoms with Gasteiger partial charge in [-0.2, -0.15) is 0 Å². The van der Waals surface area contributed by atoms with Gasteiger partial charge in [-0.3, -0.25) is 19.3 Å². The number of amides is 3. The van der Waals surface area contributed by atoms with Crippen molar-refractivity contribution in [2.45, 2.75) is 31.7 Å². The molecule has 3 fully saturated rings. The summed E-state index contributed by atoms with van der Waals surface area (Å²) >= 11 is 0. The number of hydrogen-bond acceptors (Lipinski definition) is 5. The largest absolute Gasteiger partial charge is 0.459 e. The van der Waals surface area contributed by atoms with Crippen LogP contribution in [0.3, 0.4) is 0 Å². The molecule has 0 spiro atoms. The average Bonchev–Trinajstić information content (AvgIpc) is 3.50.